The van der Waals surface area contributed by atoms with Gasteiger partial charge in [-0.15, -0.1) is 0 Å². The van der Waals surface area contributed by atoms with Crippen molar-refractivity contribution in [3.63, 3.8) is 0 Å². The molecule has 3 aromatic rings. The monoisotopic (exact) mass is 377 g/mol. The highest BCUT2D eigenvalue weighted by Crippen LogP contribution is 2.46. The molecular weight excluding hydrogens is 350 g/mol. The van der Waals surface area contributed by atoms with Crippen LogP contribution in [0, 0.1) is 6.92 Å². The van der Waals surface area contributed by atoms with Crippen molar-refractivity contribution in [3.05, 3.63) is 65.2 Å². The number of hydrogen-bond acceptors (Lipinski definition) is 4. The maximum Gasteiger partial charge on any atom is 0.161 e. The van der Waals surface area contributed by atoms with E-state index in [4.69, 9.17) is 9.47 Å². The highest BCUT2D eigenvalue weighted by molar-refractivity contribution is 5.96. The molecule has 28 heavy (non-hydrogen) atoms. The van der Waals surface area contributed by atoms with Gasteiger partial charge in [0.05, 0.1) is 25.9 Å². The molecule has 0 aromatic heterocycles. The molecule has 1 N–H and O–H groups in total. The van der Waals surface area contributed by atoms with Crippen molar-refractivity contribution in [2.24, 2.45) is 0 Å². The molecular formula is C24H27NO3. The predicted octanol–water partition coefficient (Wildman–Crippen LogP) is 5.26. The molecule has 1 aliphatic heterocycles. The summed E-state index contributed by atoms with van der Waals surface area (Å²) in [5.41, 5.74) is 4.13. The average molecular weight is 377 g/mol. The van der Waals surface area contributed by atoms with Crippen molar-refractivity contribution in [1.82, 2.24) is 0 Å². The third kappa shape index (κ3) is 2.71. The van der Waals surface area contributed by atoms with E-state index in [9.17, 15) is 5.21 Å². The quantitative estimate of drug-likeness (QED) is 0.673. The Labute approximate surface area is 166 Å². The van der Waals surface area contributed by atoms with Crippen LogP contribution in [0.4, 0.5) is 5.69 Å². The van der Waals surface area contributed by atoms with E-state index < -0.39 is 0 Å². The molecule has 0 radical (unpaired) electrons. The van der Waals surface area contributed by atoms with Crippen LogP contribution in [0.2, 0.25) is 0 Å². The van der Waals surface area contributed by atoms with E-state index in [0.717, 1.165) is 39.8 Å². The SMILES string of the molecule is COc1cc2c(C)cc3c(c2cc1OC)CC(C(C)(C)c1ccccc1)N3O. The van der Waals surface area contributed by atoms with Crippen LogP contribution in [0.1, 0.15) is 30.5 Å². The van der Waals surface area contributed by atoms with Crippen LogP contribution in [0.15, 0.2) is 48.5 Å². The Morgan fingerprint density at radius 1 is 0.964 bits per heavy atom. The van der Waals surface area contributed by atoms with Gasteiger partial charge < -0.3 is 9.47 Å². The molecule has 1 unspecified atom stereocenters. The third-order valence-electron chi connectivity index (χ3n) is 6.23. The zero-order valence-electron chi connectivity index (χ0n) is 17.1. The summed E-state index contributed by atoms with van der Waals surface area (Å²) in [6.45, 7) is 6.46. The van der Waals surface area contributed by atoms with E-state index >= 15 is 0 Å². The summed E-state index contributed by atoms with van der Waals surface area (Å²) in [6.07, 6.45) is 0.764. The van der Waals surface area contributed by atoms with Gasteiger partial charge in [0.25, 0.3) is 0 Å². The molecule has 0 saturated heterocycles. The number of benzene rings is 3. The standard InChI is InChI=1S/C24H27NO3/c1-15-11-20-19(18-13-22(28-5)21(27-4)12-17(15)18)14-23(25(20)26)24(2,3)16-9-7-6-8-10-16/h6-13,23,26H,14H2,1-5H3. The second-order valence-corrected chi connectivity index (χ2v) is 8.10. The van der Waals surface area contributed by atoms with Crippen LogP contribution in [-0.2, 0) is 11.8 Å². The number of aryl methyl sites for hydroxylation is 1. The Morgan fingerprint density at radius 2 is 1.57 bits per heavy atom. The van der Waals surface area contributed by atoms with Crippen LogP contribution in [-0.4, -0.2) is 25.5 Å². The lowest BCUT2D eigenvalue weighted by Gasteiger charge is -2.36. The number of hydrogen-bond donors (Lipinski definition) is 1. The van der Waals surface area contributed by atoms with Gasteiger partial charge in [-0.1, -0.05) is 44.2 Å². The molecule has 0 fully saturated rings. The first-order valence-corrected chi connectivity index (χ1v) is 9.60. The first-order valence-electron chi connectivity index (χ1n) is 9.60. The van der Waals surface area contributed by atoms with Crippen molar-refractivity contribution in [1.29, 1.82) is 0 Å². The molecule has 3 aromatic carbocycles. The van der Waals surface area contributed by atoms with Crippen molar-refractivity contribution >= 4 is 16.5 Å². The topological polar surface area (TPSA) is 41.9 Å². The molecule has 4 rings (SSSR count). The summed E-state index contributed by atoms with van der Waals surface area (Å²) in [5.74, 6) is 1.43. The van der Waals surface area contributed by atoms with E-state index in [1.165, 1.54) is 10.6 Å². The molecule has 0 spiro atoms. The van der Waals surface area contributed by atoms with Gasteiger partial charge in [-0.3, -0.25) is 10.3 Å². The number of anilines is 1. The number of rotatable bonds is 4. The Bertz CT molecular complexity index is 1030. The van der Waals surface area contributed by atoms with Gasteiger partial charge >= 0.3 is 0 Å². The molecule has 0 aliphatic carbocycles. The van der Waals surface area contributed by atoms with E-state index in [-0.39, 0.29) is 11.5 Å². The summed E-state index contributed by atoms with van der Waals surface area (Å²) in [5, 5.41) is 14.8. The molecule has 1 atom stereocenters. The Hall–Kier alpha value is -2.72. The Kier molecular flexibility index (Phi) is 4.47. The van der Waals surface area contributed by atoms with Crippen molar-refractivity contribution in [2.45, 2.75) is 38.6 Å². The fraction of sp³-hybridized carbons (Fsp3) is 0.333. The van der Waals surface area contributed by atoms with Gasteiger partial charge in [-0.05, 0) is 59.0 Å². The van der Waals surface area contributed by atoms with Crippen LogP contribution in [0.5, 0.6) is 11.5 Å². The number of ether oxygens (including phenoxy) is 2. The molecule has 0 bridgehead atoms. The fourth-order valence-corrected chi connectivity index (χ4v) is 4.45. The third-order valence-corrected chi connectivity index (χ3v) is 6.23. The maximum absolute atomic E-state index is 11.1. The number of fused-ring (bicyclic) bond motifs is 3. The van der Waals surface area contributed by atoms with E-state index in [1.807, 2.05) is 18.2 Å². The summed E-state index contributed by atoms with van der Waals surface area (Å²) >= 11 is 0. The van der Waals surface area contributed by atoms with Gasteiger partial charge in [0.2, 0.25) is 0 Å². The van der Waals surface area contributed by atoms with Gasteiger partial charge in [0, 0.05) is 5.41 Å². The summed E-state index contributed by atoms with van der Waals surface area (Å²) in [4.78, 5) is 0. The first kappa shape index (κ1) is 18.6. The lowest BCUT2D eigenvalue weighted by atomic mass is 9.76. The summed E-state index contributed by atoms with van der Waals surface area (Å²) < 4.78 is 11.0. The maximum atomic E-state index is 11.1. The van der Waals surface area contributed by atoms with Crippen LogP contribution < -0.4 is 14.5 Å². The lowest BCUT2D eigenvalue weighted by Crippen LogP contribution is -2.44. The minimum Gasteiger partial charge on any atom is -0.493 e. The normalized spacial score (nSPS) is 16.4. The molecule has 4 heteroatoms. The summed E-state index contributed by atoms with van der Waals surface area (Å²) in [6, 6.07) is 16.5. The number of nitrogens with zero attached hydrogens (tertiary/aromatic N) is 1. The van der Waals surface area contributed by atoms with E-state index in [2.05, 4.69) is 51.1 Å². The minimum atomic E-state index is -0.216. The van der Waals surface area contributed by atoms with Gasteiger partial charge in [-0.25, -0.2) is 0 Å². The largest absolute Gasteiger partial charge is 0.493 e. The van der Waals surface area contributed by atoms with Crippen LogP contribution >= 0.6 is 0 Å². The zero-order chi connectivity index (χ0) is 20.1. The Morgan fingerprint density at radius 3 is 2.18 bits per heavy atom. The predicted molar refractivity (Wildman–Crippen MR) is 113 cm³/mol. The van der Waals surface area contributed by atoms with Gasteiger partial charge in [0.15, 0.2) is 11.5 Å². The first-order chi connectivity index (χ1) is 13.4. The van der Waals surface area contributed by atoms with Crippen molar-refractivity contribution in [2.75, 3.05) is 19.3 Å². The van der Waals surface area contributed by atoms with Crippen LogP contribution in [0.25, 0.3) is 10.8 Å². The molecule has 0 amide bonds. The minimum absolute atomic E-state index is 0.0528. The van der Waals surface area contributed by atoms with E-state index in [0.29, 0.717) is 5.75 Å². The highest BCUT2D eigenvalue weighted by atomic mass is 16.5. The van der Waals surface area contributed by atoms with Gasteiger partial charge in [0.1, 0.15) is 0 Å². The lowest BCUT2D eigenvalue weighted by molar-refractivity contribution is 0.186. The van der Waals surface area contributed by atoms with Gasteiger partial charge in [-0.2, -0.15) is 0 Å². The molecule has 1 aliphatic rings. The zero-order valence-corrected chi connectivity index (χ0v) is 17.1. The Balaban J connectivity index is 1.86. The number of methoxy groups -OCH3 is 2. The average Bonchev–Trinajstić information content (AvgIpc) is 3.05. The summed E-state index contributed by atoms with van der Waals surface area (Å²) in [7, 11) is 3.31. The van der Waals surface area contributed by atoms with E-state index in [1.54, 1.807) is 14.2 Å². The van der Waals surface area contributed by atoms with Crippen molar-refractivity contribution < 1.29 is 14.7 Å². The smallest absolute Gasteiger partial charge is 0.161 e. The van der Waals surface area contributed by atoms with Crippen LogP contribution in [0.3, 0.4) is 0 Å². The fourth-order valence-electron chi connectivity index (χ4n) is 4.45. The molecule has 4 nitrogen and oxygen atoms in total. The second-order valence-electron chi connectivity index (χ2n) is 8.10. The second kappa shape index (κ2) is 6.71. The molecule has 146 valence electrons. The van der Waals surface area contributed by atoms with Crippen molar-refractivity contribution in [3.8, 4) is 11.5 Å². The molecule has 1 heterocycles. The molecule has 0 saturated carbocycles. The highest BCUT2D eigenvalue weighted by Gasteiger charge is 2.41. The number of hydroxylamine groups is 1.